The molecule has 0 radical (unpaired) electrons. The van der Waals surface area contributed by atoms with Crippen LogP contribution in [0.3, 0.4) is 0 Å². The quantitative estimate of drug-likeness (QED) is 0.778. The Balaban J connectivity index is 1.80. The maximum Gasteiger partial charge on any atom is 0.573 e. The van der Waals surface area contributed by atoms with E-state index in [1.54, 1.807) is 6.92 Å². The number of halogens is 3. The highest BCUT2D eigenvalue weighted by Gasteiger charge is 2.31. The van der Waals surface area contributed by atoms with Crippen LogP contribution >= 0.6 is 11.3 Å². The minimum absolute atomic E-state index is 0.112. The van der Waals surface area contributed by atoms with Gasteiger partial charge in [0, 0.05) is 12.3 Å². The molecule has 2 heterocycles. The molecule has 3 aromatic rings. The fraction of sp³-hybridized carbons (Fsp3) is 0.143. The summed E-state index contributed by atoms with van der Waals surface area (Å²) in [5.74, 6) is -0.853. The van der Waals surface area contributed by atoms with Gasteiger partial charge in [0.25, 0.3) is 5.91 Å². The molecule has 0 atom stereocenters. The molecule has 3 rings (SSSR count). The SMILES string of the molecule is Cc1cnc(C(=O)Nc2nc3ccc(OC(F)(F)F)cc3s2)cn1. The van der Waals surface area contributed by atoms with Gasteiger partial charge in [-0.05, 0) is 19.1 Å². The van der Waals surface area contributed by atoms with Crippen molar-refractivity contribution < 1.29 is 22.7 Å². The molecule has 0 aliphatic carbocycles. The van der Waals surface area contributed by atoms with Gasteiger partial charge in [-0.15, -0.1) is 13.2 Å². The topological polar surface area (TPSA) is 77.0 Å². The highest BCUT2D eigenvalue weighted by molar-refractivity contribution is 7.22. The Morgan fingerprint density at radius 2 is 2.04 bits per heavy atom. The van der Waals surface area contributed by atoms with Crippen molar-refractivity contribution in [1.82, 2.24) is 15.0 Å². The number of carbonyl (C=O) groups excluding carboxylic acids is 1. The monoisotopic (exact) mass is 354 g/mol. The van der Waals surface area contributed by atoms with E-state index < -0.39 is 12.3 Å². The summed E-state index contributed by atoms with van der Waals surface area (Å²) >= 11 is 1.02. The third-order valence-electron chi connectivity index (χ3n) is 2.83. The molecule has 1 aromatic carbocycles. The molecular formula is C14H9F3N4O2S. The predicted molar refractivity (Wildman–Crippen MR) is 81.0 cm³/mol. The van der Waals surface area contributed by atoms with Gasteiger partial charge in [-0.25, -0.2) is 9.97 Å². The lowest BCUT2D eigenvalue weighted by Gasteiger charge is -2.07. The Morgan fingerprint density at radius 1 is 1.25 bits per heavy atom. The molecule has 0 bridgehead atoms. The first-order valence-electron chi connectivity index (χ1n) is 6.56. The third-order valence-corrected chi connectivity index (χ3v) is 3.76. The number of thiazole rings is 1. The summed E-state index contributed by atoms with van der Waals surface area (Å²) in [7, 11) is 0. The molecule has 124 valence electrons. The van der Waals surface area contributed by atoms with Crippen LogP contribution in [-0.2, 0) is 0 Å². The molecule has 0 saturated carbocycles. The van der Waals surface area contributed by atoms with Crippen molar-refractivity contribution in [2.45, 2.75) is 13.3 Å². The van der Waals surface area contributed by atoms with Crippen molar-refractivity contribution in [3.8, 4) is 5.75 Å². The number of fused-ring (bicyclic) bond motifs is 1. The van der Waals surface area contributed by atoms with Crippen molar-refractivity contribution in [1.29, 1.82) is 0 Å². The van der Waals surface area contributed by atoms with E-state index in [9.17, 15) is 18.0 Å². The molecular weight excluding hydrogens is 345 g/mol. The van der Waals surface area contributed by atoms with Crippen LogP contribution in [-0.4, -0.2) is 27.2 Å². The average molecular weight is 354 g/mol. The number of aromatic nitrogens is 3. The molecule has 0 spiro atoms. The van der Waals surface area contributed by atoms with Gasteiger partial charge >= 0.3 is 6.36 Å². The average Bonchev–Trinajstić information content (AvgIpc) is 2.87. The number of nitrogens with one attached hydrogen (secondary N) is 1. The Kier molecular flexibility index (Phi) is 4.06. The minimum atomic E-state index is -4.76. The standard InChI is InChI=1S/C14H9F3N4O2S/c1-7-5-19-10(6-18-7)12(22)21-13-20-9-3-2-8(4-11(9)24-13)23-14(15,16)17/h2-6H,1H3,(H,20,21,22). The molecule has 0 fully saturated rings. The van der Waals surface area contributed by atoms with Gasteiger partial charge in [-0.2, -0.15) is 0 Å². The normalized spacial score (nSPS) is 11.5. The van der Waals surface area contributed by atoms with Crippen LogP contribution in [0.1, 0.15) is 16.2 Å². The molecule has 10 heteroatoms. The number of rotatable bonds is 3. The van der Waals surface area contributed by atoms with E-state index in [-0.39, 0.29) is 16.6 Å². The smallest absolute Gasteiger partial charge is 0.406 e. The van der Waals surface area contributed by atoms with E-state index in [0.717, 1.165) is 17.4 Å². The summed E-state index contributed by atoms with van der Waals surface area (Å²) < 4.78 is 41.0. The lowest BCUT2D eigenvalue weighted by atomic mass is 10.3. The summed E-state index contributed by atoms with van der Waals surface area (Å²) in [4.78, 5) is 24.1. The zero-order valence-electron chi connectivity index (χ0n) is 12.1. The summed E-state index contributed by atoms with van der Waals surface area (Å²) in [6.07, 6.45) is -1.99. The van der Waals surface area contributed by atoms with E-state index >= 15 is 0 Å². The molecule has 1 N–H and O–H groups in total. The molecule has 0 saturated heterocycles. The van der Waals surface area contributed by atoms with Gasteiger partial charge in [0.05, 0.1) is 22.1 Å². The second-order valence-corrected chi connectivity index (χ2v) is 5.72. The van der Waals surface area contributed by atoms with E-state index in [1.807, 2.05) is 0 Å². The van der Waals surface area contributed by atoms with E-state index in [0.29, 0.717) is 15.9 Å². The Labute approximate surface area is 137 Å². The van der Waals surface area contributed by atoms with Crippen LogP contribution in [0, 0.1) is 6.92 Å². The number of amides is 1. The van der Waals surface area contributed by atoms with Gasteiger partial charge < -0.3 is 4.74 Å². The number of benzene rings is 1. The molecule has 6 nitrogen and oxygen atoms in total. The maximum atomic E-state index is 12.2. The summed E-state index contributed by atoms with van der Waals surface area (Å²) in [6.45, 7) is 1.74. The number of hydrogen-bond acceptors (Lipinski definition) is 6. The van der Waals surface area contributed by atoms with Crippen molar-refractivity contribution in [2.75, 3.05) is 5.32 Å². The number of anilines is 1. The zero-order chi connectivity index (χ0) is 17.3. The highest BCUT2D eigenvalue weighted by atomic mass is 32.1. The van der Waals surface area contributed by atoms with Crippen molar-refractivity contribution in [2.24, 2.45) is 0 Å². The van der Waals surface area contributed by atoms with Crippen LogP contribution in [0.25, 0.3) is 10.2 Å². The van der Waals surface area contributed by atoms with Crippen molar-refractivity contribution in [3.05, 3.63) is 42.0 Å². The van der Waals surface area contributed by atoms with Gasteiger partial charge in [0.1, 0.15) is 11.4 Å². The van der Waals surface area contributed by atoms with Crippen molar-refractivity contribution in [3.63, 3.8) is 0 Å². The molecule has 24 heavy (non-hydrogen) atoms. The van der Waals surface area contributed by atoms with Crippen LogP contribution in [0.15, 0.2) is 30.6 Å². The summed E-state index contributed by atoms with van der Waals surface area (Å²) in [5.41, 5.74) is 1.23. The molecule has 0 aliphatic heterocycles. The Bertz CT molecular complexity index is 893. The minimum Gasteiger partial charge on any atom is -0.406 e. The first-order chi connectivity index (χ1) is 11.3. The second kappa shape index (κ2) is 6.04. The number of carbonyl (C=O) groups is 1. The fourth-order valence-corrected chi connectivity index (χ4v) is 2.72. The van der Waals surface area contributed by atoms with E-state index in [1.165, 1.54) is 24.5 Å². The number of ether oxygens (including phenoxy) is 1. The highest BCUT2D eigenvalue weighted by Crippen LogP contribution is 2.31. The van der Waals surface area contributed by atoms with Crippen LogP contribution in [0.4, 0.5) is 18.3 Å². The summed E-state index contributed by atoms with van der Waals surface area (Å²) in [6, 6.07) is 3.75. The third kappa shape index (κ3) is 3.77. The van der Waals surface area contributed by atoms with Crippen LogP contribution < -0.4 is 10.1 Å². The van der Waals surface area contributed by atoms with Gasteiger partial charge in [0.2, 0.25) is 0 Å². The first-order valence-corrected chi connectivity index (χ1v) is 7.38. The molecule has 2 aromatic heterocycles. The van der Waals surface area contributed by atoms with Gasteiger partial charge in [-0.3, -0.25) is 15.1 Å². The number of alkyl halides is 3. The van der Waals surface area contributed by atoms with E-state index in [4.69, 9.17) is 0 Å². The molecule has 0 unspecified atom stereocenters. The number of nitrogens with zero attached hydrogens (tertiary/aromatic N) is 3. The Morgan fingerprint density at radius 3 is 2.71 bits per heavy atom. The van der Waals surface area contributed by atoms with Gasteiger partial charge in [0.15, 0.2) is 5.13 Å². The van der Waals surface area contributed by atoms with Crippen LogP contribution in [0.5, 0.6) is 5.75 Å². The largest absolute Gasteiger partial charge is 0.573 e. The second-order valence-electron chi connectivity index (χ2n) is 4.69. The maximum absolute atomic E-state index is 12.2. The fourth-order valence-electron chi connectivity index (χ4n) is 1.83. The lowest BCUT2D eigenvalue weighted by Crippen LogP contribution is -2.16. The zero-order valence-corrected chi connectivity index (χ0v) is 12.9. The van der Waals surface area contributed by atoms with Gasteiger partial charge in [-0.1, -0.05) is 11.3 Å². The Hall–Kier alpha value is -2.75. The lowest BCUT2D eigenvalue weighted by molar-refractivity contribution is -0.274. The molecule has 1 amide bonds. The first kappa shape index (κ1) is 16.1. The molecule has 0 aliphatic rings. The predicted octanol–water partition coefficient (Wildman–Crippen LogP) is 3.55. The summed E-state index contributed by atoms with van der Waals surface area (Å²) in [5, 5.41) is 2.78. The van der Waals surface area contributed by atoms with Crippen LogP contribution in [0.2, 0.25) is 0 Å². The number of hydrogen-bond donors (Lipinski definition) is 1. The number of aryl methyl sites for hydroxylation is 1. The van der Waals surface area contributed by atoms with E-state index in [2.05, 4.69) is 25.0 Å². The van der Waals surface area contributed by atoms with Crippen molar-refractivity contribution >= 4 is 32.6 Å².